The molecular formula is C19H22N6O2. The molecule has 0 bridgehead atoms. The minimum absolute atomic E-state index is 0.223. The normalized spacial score (nSPS) is 13.5. The first-order valence-electron chi connectivity index (χ1n) is 9.16. The van der Waals surface area contributed by atoms with Gasteiger partial charge >= 0.3 is 6.03 Å². The maximum Gasteiger partial charge on any atom is 0.319 e. The Bertz CT molecular complexity index is 910. The fraction of sp³-hybridized carbons (Fsp3) is 0.368. The molecule has 0 atom stereocenters. The van der Waals surface area contributed by atoms with Crippen molar-refractivity contribution >= 4 is 11.7 Å². The number of carbonyl (C=O) groups is 1. The average Bonchev–Trinajstić information content (AvgIpc) is 3.24. The van der Waals surface area contributed by atoms with E-state index < -0.39 is 0 Å². The molecule has 3 aromatic rings. The van der Waals surface area contributed by atoms with Crippen LogP contribution in [0.15, 0.2) is 40.9 Å². The van der Waals surface area contributed by atoms with E-state index >= 15 is 0 Å². The SMILES string of the molecule is Cc1nnc(-c2ccc(NC(=O)NCCCn3nccc3C3CC3)cc2)o1. The van der Waals surface area contributed by atoms with Crippen molar-refractivity contribution in [2.45, 2.75) is 38.6 Å². The number of hydrogen-bond donors (Lipinski definition) is 2. The molecule has 0 unspecified atom stereocenters. The highest BCUT2D eigenvalue weighted by atomic mass is 16.4. The number of carbonyl (C=O) groups excluding carboxylic acids is 1. The second kappa shape index (κ2) is 7.61. The molecule has 1 fully saturated rings. The Labute approximate surface area is 157 Å². The summed E-state index contributed by atoms with van der Waals surface area (Å²) in [5.74, 6) is 1.67. The van der Waals surface area contributed by atoms with E-state index in [4.69, 9.17) is 4.42 Å². The van der Waals surface area contributed by atoms with Crippen LogP contribution < -0.4 is 10.6 Å². The molecule has 8 heteroatoms. The Balaban J connectivity index is 1.21. The number of benzene rings is 1. The minimum atomic E-state index is -0.223. The van der Waals surface area contributed by atoms with Crippen LogP contribution in [-0.4, -0.2) is 32.6 Å². The highest BCUT2D eigenvalue weighted by Gasteiger charge is 2.26. The van der Waals surface area contributed by atoms with Crippen LogP contribution in [0.1, 0.15) is 36.8 Å². The van der Waals surface area contributed by atoms with Crippen molar-refractivity contribution in [3.63, 3.8) is 0 Å². The summed E-state index contributed by atoms with van der Waals surface area (Å²) in [4.78, 5) is 12.0. The van der Waals surface area contributed by atoms with Gasteiger partial charge in [-0.3, -0.25) is 4.68 Å². The first-order valence-corrected chi connectivity index (χ1v) is 9.16. The number of nitrogens with one attached hydrogen (secondary N) is 2. The van der Waals surface area contributed by atoms with Crippen molar-refractivity contribution in [1.82, 2.24) is 25.3 Å². The molecule has 2 aromatic heterocycles. The number of urea groups is 1. The third-order valence-corrected chi connectivity index (χ3v) is 4.49. The summed E-state index contributed by atoms with van der Waals surface area (Å²) in [6, 6.07) is 9.15. The molecule has 2 heterocycles. The molecule has 0 spiro atoms. The van der Waals surface area contributed by atoms with Gasteiger partial charge in [0.25, 0.3) is 0 Å². The van der Waals surface area contributed by atoms with Gasteiger partial charge in [0.05, 0.1) is 0 Å². The van der Waals surface area contributed by atoms with Gasteiger partial charge in [-0.1, -0.05) is 0 Å². The number of nitrogens with zero attached hydrogens (tertiary/aromatic N) is 4. The van der Waals surface area contributed by atoms with Crippen molar-refractivity contribution in [2.75, 3.05) is 11.9 Å². The second-order valence-electron chi connectivity index (χ2n) is 6.69. The van der Waals surface area contributed by atoms with Gasteiger partial charge in [0.2, 0.25) is 11.8 Å². The number of aryl methyl sites for hydroxylation is 2. The van der Waals surface area contributed by atoms with Gasteiger partial charge in [0, 0.05) is 49.1 Å². The van der Waals surface area contributed by atoms with Crippen LogP contribution in [0.5, 0.6) is 0 Å². The summed E-state index contributed by atoms with van der Waals surface area (Å²) in [5.41, 5.74) is 2.83. The smallest absolute Gasteiger partial charge is 0.319 e. The Morgan fingerprint density at radius 1 is 1.22 bits per heavy atom. The average molecular weight is 366 g/mol. The van der Waals surface area contributed by atoms with Gasteiger partial charge in [-0.05, 0) is 49.6 Å². The van der Waals surface area contributed by atoms with E-state index in [0.29, 0.717) is 29.9 Å². The molecule has 2 N–H and O–H groups in total. The molecule has 0 radical (unpaired) electrons. The summed E-state index contributed by atoms with van der Waals surface area (Å²) in [6.45, 7) is 3.16. The minimum Gasteiger partial charge on any atom is -0.421 e. The Hall–Kier alpha value is -3.16. The van der Waals surface area contributed by atoms with Gasteiger partial charge in [-0.15, -0.1) is 10.2 Å². The Morgan fingerprint density at radius 3 is 2.74 bits per heavy atom. The first kappa shape index (κ1) is 17.3. The molecule has 0 aliphatic heterocycles. The quantitative estimate of drug-likeness (QED) is 0.625. The summed E-state index contributed by atoms with van der Waals surface area (Å²) in [7, 11) is 0. The van der Waals surface area contributed by atoms with Crippen LogP contribution in [-0.2, 0) is 6.54 Å². The standard InChI is InChI=1S/C19H22N6O2/c1-13-23-24-18(27-13)15-5-7-16(8-6-15)22-19(26)20-10-2-12-25-17(9-11-21-25)14-3-4-14/h5-9,11,14H,2-4,10,12H2,1H3,(H2,20,22,26). The zero-order valence-electron chi connectivity index (χ0n) is 15.2. The first-order chi connectivity index (χ1) is 13.2. The largest absolute Gasteiger partial charge is 0.421 e. The van der Waals surface area contributed by atoms with Crippen LogP contribution in [0.3, 0.4) is 0 Å². The fourth-order valence-electron chi connectivity index (χ4n) is 2.97. The summed E-state index contributed by atoms with van der Waals surface area (Å²) < 4.78 is 7.44. The molecule has 0 saturated heterocycles. The van der Waals surface area contributed by atoms with E-state index in [9.17, 15) is 4.79 Å². The lowest BCUT2D eigenvalue weighted by Crippen LogP contribution is -2.30. The molecule has 4 rings (SSSR count). The van der Waals surface area contributed by atoms with E-state index in [2.05, 4.69) is 36.7 Å². The van der Waals surface area contributed by atoms with Gasteiger partial charge in [0.1, 0.15) is 0 Å². The highest BCUT2D eigenvalue weighted by Crippen LogP contribution is 2.39. The van der Waals surface area contributed by atoms with Gasteiger partial charge in [0.15, 0.2) is 0 Å². The number of hydrogen-bond acceptors (Lipinski definition) is 5. The van der Waals surface area contributed by atoms with Gasteiger partial charge < -0.3 is 15.1 Å². The van der Waals surface area contributed by atoms with Crippen molar-refractivity contribution in [2.24, 2.45) is 0 Å². The fourth-order valence-corrected chi connectivity index (χ4v) is 2.97. The second-order valence-corrected chi connectivity index (χ2v) is 6.69. The van der Waals surface area contributed by atoms with Crippen molar-refractivity contribution in [3.05, 3.63) is 48.1 Å². The van der Waals surface area contributed by atoms with E-state index in [1.165, 1.54) is 18.5 Å². The molecular weight excluding hydrogens is 344 g/mol. The zero-order valence-corrected chi connectivity index (χ0v) is 15.2. The van der Waals surface area contributed by atoms with Crippen LogP contribution in [0.4, 0.5) is 10.5 Å². The monoisotopic (exact) mass is 366 g/mol. The number of anilines is 1. The third-order valence-electron chi connectivity index (χ3n) is 4.49. The number of amides is 2. The summed E-state index contributed by atoms with van der Waals surface area (Å²) in [6.07, 6.45) is 5.21. The van der Waals surface area contributed by atoms with Crippen molar-refractivity contribution < 1.29 is 9.21 Å². The molecule has 1 aliphatic rings. The van der Waals surface area contributed by atoms with Crippen LogP contribution in [0.25, 0.3) is 11.5 Å². The Kier molecular flexibility index (Phi) is 4.86. The van der Waals surface area contributed by atoms with Crippen LogP contribution >= 0.6 is 0 Å². The number of aromatic nitrogens is 4. The lowest BCUT2D eigenvalue weighted by atomic mass is 10.2. The molecule has 140 valence electrons. The third kappa shape index (κ3) is 4.33. The molecule has 27 heavy (non-hydrogen) atoms. The van der Waals surface area contributed by atoms with E-state index in [-0.39, 0.29) is 6.03 Å². The van der Waals surface area contributed by atoms with Crippen molar-refractivity contribution in [1.29, 1.82) is 0 Å². The van der Waals surface area contributed by atoms with Crippen LogP contribution in [0, 0.1) is 6.92 Å². The highest BCUT2D eigenvalue weighted by molar-refractivity contribution is 5.89. The van der Waals surface area contributed by atoms with Crippen molar-refractivity contribution in [3.8, 4) is 11.5 Å². The van der Waals surface area contributed by atoms with E-state index in [1.54, 1.807) is 19.1 Å². The molecule has 2 amide bonds. The molecule has 8 nitrogen and oxygen atoms in total. The maximum absolute atomic E-state index is 12.0. The Morgan fingerprint density at radius 2 is 2.04 bits per heavy atom. The number of rotatable bonds is 7. The summed E-state index contributed by atoms with van der Waals surface area (Å²) in [5, 5.41) is 17.8. The predicted molar refractivity (Wildman–Crippen MR) is 100 cm³/mol. The lowest BCUT2D eigenvalue weighted by Gasteiger charge is -2.09. The van der Waals surface area contributed by atoms with Crippen LogP contribution in [0.2, 0.25) is 0 Å². The van der Waals surface area contributed by atoms with Gasteiger partial charge in [-0.2, -0.15) is 5.10 Å². The maximum atomic E-state index is 12.0. The zero-order chi connectivity index (χ0) is 18.6. The molecule has 1 aromatic carbocycles. The van der Waals surface area contributed by atoms with E-state index in [0.717, 1.165) is 18.5 Å². The van der Waals surface area contributed by atoms with E-state index in [1.807, 2.05) is 18.3 Å². The lowest BCUT2D eigenvalue weighted by molar-refractivity contribution is 0.251. The predicted octanol–water partition coefficient (Wildman–Crippen LogP) is 3.33. The summed E-state index contributed by atoms with van der Waals surface area (Å²) >= 11 is 0. The molecule has 1 saturated carbocycles. The topological polar surface area (TPSA) is 97.9 Å². The molecule has 1 aliphatic carbocycles. The van der Waals surface area contributed by atoms with Gasteiger partial charge in [-0.25, -0.2) is 4.79 Å².